The number of aryl methyl sites for hydroxylation is 1. The fourth-order valence-electron chi connectivity index (χ4n) is 3.72. The van der Waals surface area contributed by atoms with E-state index in [0.29, 0.717) is 5.69 Å². The molecule has 0 unspecified atom stereocenters. The number of aromatic nitrogens is 1. The van der Waals surface area contributed by atoms with E-state index in [1.165, 1.54) is 11.1 Å². The third-order valence-electron chi connectivity index (χ3n) is 5.35. The summed E-state index contributed by atoms with van der Waals surface area (Å²) < 4.78 is 0. The molecule has 4 rings (SSSR count). The molecule has 2 heterocycles. The first kappa shape index (κ1) is 16.9. The number of H-pyrrole nitrogens is 1. The number of hydrogen-bond donors (Lipinski definition) is 2. The van der Waals surface area contributed by atoms with Crippen molar-refractivity contribution in [1.82, 2.24) is 15.2 Å². The molecular weight excluding hydrogens is 322 g/mol. The zero-order valence-corrected chi connectivity index (χ0v) is 15.2. The van der Waals surface area contributed by atoms with Crippen molar-refractivity contribution in [3.8, 4) is 0 Å². The first-order valence-corrected chi connectivity index (χ1v) is 9.34. The topological polar surface area (TPSA) is 48.1 Å². The first-order chi connectivity index (χ1) is 12.7. The van der Waals surface area contributed by atoms with Crippen molar-refractivity contribution in [2.75, 3.05) is 13.1 Å². The van der Waals surface area contributed by atoms with Crippen molar-refractivity contribution >= 4 is 16.8 Å². The molecule has 26 heavy (non-hydrogen) atoms. The Morgan fingerprint density at radius 3 is 2.62 bits per heavy atom. The molecule has 2 aromatic carbocycles. The minimum absolute atomic E-state index is 0.00134. The molecule has 2 N–H and O–H groups in total. The fraction of sp³-hybridized carbons (Fsp3) is 0.318. The van der Waals surface area contributed by atoms with Crippen molar-refractivity contribution < 1.29 is 4.79 Å². The highest BCUT2D eigenvalue weighted by Crippen LogP contribution is 2.18. The number of carbonyl (C=O) groups is 1. The average Bonchev–Trinajstić information content (AvgIpc) is 3.10. The lowest BCUT2D eigenvalue weighted by atomic mass is 10.0. The number of fused-ring (bicyclic) bond motifs is 1. The van der Waals surface area contributed by atoms with E-state index in [1.807, 2.05) is 30.3 Å². The number of amides is 1. The molecule has 0 bridgehead atoms. The van der Waals surface area contributed by atoms with E-state index in [1.54, 1.807) is 0 Å². The van der Waals surface area contributed by atoms with Gasteiger partial charge in [-0.3, -0.25) is 9.69 Å². The molecule has 1 saturated heterocycles. The number of likely N-dealkylation sites (tertiary alicyclic amines) is 1. The van der Waals surface area contributed by atoms with Crippen LogP contribution < -0.4 is 5.32 Å². The summed E-state index contributed by atoms with van der Waals surface area (Å²) in [4.78, 5) is 18.2. The molecule has 134 valence electrons. The molecule has 1 aromatic heterocycles. The standard InChI is InChI=1S/C22H25N3O/c1-16-6-2-3-8-18(16)15-25-12-10-19(11-13-25)23-22(26)21-14-17-7-4-5-9-20(17)24-21/h2-9,14,19,24H,10-13,15H2,1H3,(H,23,26). The summed E-state index contributed by atoms with van der Waals surface area (Å²) in [5.74, 6) is -0.00134. The maximum atomic E-state index is 12.5. The lowest BCUT2D eigenvalue weighted by molar-refractivity contribution is 0.0904. The maximum absolute atomic E-state index is 12.5. The van der Waals surface area contributed by atoms with Gasteiger partial charge in [-0.2, -0.15) is 0 Å². The second-order valence-electron chi connectivity index (χ2n) is 7.22. The van der Waals surface area contributed by atoms with Gasteiger partial charge in [0.1, 0.15) is 5.69 Å². The molecular formula is C22H25N3O. The Morgan fingerprint density at radius 1 is 1.12 bits per heavy atom. The molecule has 0 saturated carbocycles. The summed E-state index contributed by atoms with van der Waals surface area (Å²) in [6.45, 7) is 5.20. The second-order valence-corrected chi connectivity index (χ2v) is 7.22. The number of piperidine rings is 1. The first-order valence-electron chi connectivity index (χ1n) is 9.34. The Hall–Kier alpha value is -2.59. The minimum atomic E-state index is -0.00134. The normalized spacial score (nSPS) is 16.0. The van der Waals surface area contributed by atoms with Crippen molar-refractivity contribution in [3.63, 3.8) is 0 Å². The van der Waals surface area contributed by atoms with Crippen LogP contribution in [0.5, 0.6) is 0 Å². The number of nitrogens with one attached hydrogen (secondary N) is 2. The number of rotatable bonds is 4. The third-order valence-corrected chi connectivity index (χ3v) is 5.35. The highest BCUT2D eigenvalue weighted by atomic mass is 16.1. The molecule has 0 atom stereocenters. The van der Waals surface area contributed by atoms with Gasteiger partial charge in [0, 0.05) is 36.6 Å². The highest BCUT2D eigenvalue weighted by molar-refractivity contribution is 5.98. The van der Waals surface area contributed by atoms with Gasteiger partial charge in [0.05, 0.1) is 0 Å². The monoisotopic (exact) mass is 347 g/mol. The van der Waals surface area contributed by atoms with Crippen LogP contribution in [0, 0.1) is 6.92 Å². The minimum Gasteiger partial charge on any atom is -0.351 e. The smallest absolute Gasteiger partial charge is 0.267 e. The van der Waals surface area contributed by atoms with Crippen LogP contribution in [-0.4, -0.2) is 34.9 Å². The summed E-state index contributed by atoms with van der Waals surface area (Å²) in [7, 11) is 0. The van der Waals surface area contributed by atoms with Gasteiger partial charge < -0.3 is 10.3 Å². The lowest BCUT2D eigenvalue weighted by Gasteiger charge is -2.32. The molecule has 3 aromatic rings. The Labute approximate surface area is 154 Å². The van der Waals surface area contributed by atoms with Gasteiger partial charge in [-0.1, -0.05) is 42.5 Å². The number of nitrogens with zero attached hydrogens (tertiary/aromatic N) is 1. The van der Waals surface area contributed by atoms with Gasteiger partial charge in [0.15, 0.2) is 0 Å². The van der Waals surface area contributed by atoms with Gasteiger partial charge in [-0.15, -0.1) is 0 Å². The van der Waals surface area contributed by atoms with Crippen LogP contribution in [-0.2, 0) is 6.54 Å². The molecule has 4 heteroatoms. The summed E-state index contributed by atoms with van der Waals surface area (Å²) in [6, 6.07) is 18.7. The molecule has 0 radical (unpaired) electrons. The van der Waals surface area contributed by atoms with Crippen LogP contribution in [0.4, 0.5) is 0 Å². The van der Waals surface area contributed by atoms with Crippen LogP contribution in [0.25, 0.3) is 10.9 Å². The number of carbonyl (C=O) groups excluding carboxylic acids is 1. The van der Waals surface area contributed by atoms with Crippen molar-refractivity contribution in [2.45, 2.75) is 32.4 Å². The molecule has 0 aliphatic carbocycles. The van der Waals surface area contributed by atoms with E-state index in [4.69, 9.17) is 0 Å². The second kappa shape index (κ2) is 7.34. The lowest BCUT2D eigenvalue weighted by Crippen LogP contribution is -2.44. The van der Waals surface area contributed by atoms with Gasteiger partial charge in [0.25, 0.3) is 5.91 Å². The SMILES string of the molecule is Cc1ccccc1CN1CCC(NC(=O)c2cc3ccccc3[nH]2)CC1. The summed E-state index contributed by atoms with van der Waals surface area (Å²) in [5, 5.41) is 4.27. The van der Waals surface area contributed by atoms with Crippen LogP contribution >= 0.6 is 0 Å². The maximum Gasteiger partial charge on any atom is 0.267 e. The van der Waals surface area contributed by atoms with Gasteiger partial charge in [0.2, 0.25) is 0 Å². The van der Waals surface area contributed by atoms with Crippen LogP contribution in [0.1, 0.15) is 34.5 Å². The van der Waals surface area contributed by atoms with E-state index in [9.17, 15) is 4.79 Å². The largest absolute Gasteiger partial charge is 0.351 e. The van der Waals surface area contributed by atoms with E-state index in [-0.39, 0.29) is 11.9 Å². The Kier molecular flexibility index (Phi) is 4.76. The quantitative estimate of drug-likeness (QED) is 0.753. The Bertz CT molecular complexity index is 873. The predicted octanol–water partition coefficient (Wildman–Crippen LogP) is 3.87. The molecule has 4 nitrogen and oxygen atoms in total. The third kappa shape index (κ3) is 3.65. The van der Waals surface area contributed by atoms with Crippen molar-refractivity contribution in [2.24, 2.45) is 0 Å². The average molecular weight is 347 g/mol. The van der Waals surface area contributed by atoms with Gasteiger partial charge in [-0.25, -0.2) is 0 Å². The van der Waals surface area contributed by atoms with Crippen LogP contribution in [0.15, 0.2) is 54.6 Å². The Morgan fingerprint density at radius 2 is 1.85 bits per heavy atom. The number of hydrogen-bond acceptors (Lipinski definition) is 2. The molecule has 1 fully saturated rings. The highest BCUT2D eigenvalue weighted by Gasteiger charge is 2.22. The van der Waals surface area contributed by atoms with Crippen molar-refractivity contribution in [3.05, 3.63) is 71.4 Å². The molecule has 1 aliphatic heterocycles. The van der Waals surface area contributed by atoms with E-state index < -0.39 is 0 Å². The van der Waals surface area contributed by atoms with Gasteiger partial charge >= 0.3 is 0 Å². The molecule has 1 amide bonds. The number of para-hydroxylation sites is 1. The summed E-state index contributed by atoms with van der Waals surface area (Å²) in [6.07, 6.45) is 2.00. The predicted molar refractivity (Wildman–Crippen MR) is 105 cm³/mol. The fourth-order valence-corrected chi connectivity index (χ4v) is 3.72. The molecule has 1 aliphatic rings. The van der Waals surface area contributed by atoms with E-state index >= 15 is 0 Å². The number of aromatic amines is 1. The van der Waals surface area contributed by atoms with Crippen LogP contribution in [0.3, 0.4) is 0 Å². The van der Waals surface area contributed by atoms with E-state index in [0.717, 1.165) is 43.4 Å². The van der Waals surface area contributed by atoms with Crippen LogP contribution in [0.2, 0.25) is 0 Å². The molecule has 0 spiro atoms. The van der Waals surface area contributed by atoms with Crippen molar-refractivity contribution in [1.29, 1.82) is 0 Å². The number of benzene rings is 2. The zero-order valence-electron chi connectivity index (χ0n) is 15.2. The zero-order chi connectivity index (χ0) is 17.9. The summed E-state index contributed by atoms with van der Waals surface area (Å²) >= 11 is 0. The van der Waals surface area contributed by atoms with E-state index in [2.05, 4.69) is 46.4 Å². The summed E-state index contributed by atoms with van der Waals surface area (Å²) in [5.41, 5.74) is 4.40. The Balaban J connectivity index is 1.32. The van der Waals surface area contributed by atoms with Gasteiger partial charge in [-0.05, 0) is 43.0 Å².